The van der Waals surface area contributed by atoms with E-state index < -0.39 is 0 Å². The molecule has 4 heteroatoms. The molecule has 1 aliphatic rings. The molecule has 0 aliphatic carbocycles. The van der Waals surface area contributed by atoms with E-state index in [0.29, 0.717) is 11.2 Å². The van der Waals surface area contributed by atoms with Crippen LogP contribution < -0.4 is 0 Å². The Balaban J connectivity index is 0.000000386. The number of halogens is 1. The van der Waals surface area contributed by atoms with Crippen molar-refractivity contribution >= 4 is 11.6 Å². The lowest BCUT2D eigenvalue weighted by Gasteiger charge is -2.19. The summed E-state index contributed by atoms with van der Waals surface area (Å²) in [7, 11) is 2.16. The minimum atomic E-state index is 0.250. The lowest BCUT2D eigenvalue weighted by atomic mass is 10.1. The van der Waals surface area contributed by atoms with Crippen molar-refractivity contribution in [3.8, 4) is 0 Å². The van der Waals surface area contributed by atoms with Gasteiger partial charge in [0.2, 0.25) is 0 Å². The molecule has 1 fully saturated rings. The summed E-state index contributed by atoms with van der Waals surface area (Å²) in [5.74, 6) is 0. The van der Waals surface area contributed by atoms with Crippen molar-refractivity contribution in [2.75, 3.05) is 20.2 Å². The van der Waals surface area contributed by atoms with Gasteiger partial charge >= 0.3 is 0 Å². The fraction of sp³-hybridized carbons (Fsp3) is 0.583. The Morgan fingerprint density at radius 1 is 1.56 bits per heavy atom. The molecule has 16 heavy (non-hydrogen) atoms. The highest BCUT2D eigenvalue weighted by atomic mass is 35.5. The van der Waals surface area contributed by atoms with Crippen molar-refractivity contribution in [3.05, 3.63) is 29.0 Å². The number of aromatic nitrogens is 1. The summed E-state index contributed by atoms with van der Waals surface area (Å²) < 4.78 is 0. The Bertz CT molecular complexity index is 302. The van der Waals surface area contributed by atoms with Gasteiger partial charge in [-0.2, -0.15) is 0 Å². The normalized spacial score (nSPS) is 20.4. The third-order valence-corrected chi connectivity index (χ3v) is 2.88. The molecular formula is C12H19ClN2O. The average molecular weight is 243 g/mol. The molecule has 0 saturated carbocycles. The van der Waals surface area contributed by atoms with Crippen LogP contribution >= 0.6 is 11.6 Å². The standard InChI is InChI=1S/C10H13ClN2.C2H6O/c1-13-6-2-3-9(13)8-4-5-10(11)12-7-8;1-2-3/h4-5,7,9H,2-3,6H2,1H3;3H,2H2,1H3/t9-;/m0./s1. The number of aliphatic hydroxyl groups is 1. The third-order valence-electron chi connectivity index (χ3n) is 2.66. The summed E-state index contributed by atoms with van der Waals surface area (Å²) in [6.07, 6.45) is 4.40. The maximum absolute atomic E-state index is 7.57. The highest BCUT2D eigenvalue weighted by Crippen LogP contribution is 2.29. The predicted molar refractivity (Wildman–Crippen MR) is 66.6 cm³/mol. The molecule has 1 aromatic rings. The van der Waals surface area contributed by atoms with Crippen molar-refractivity contribution < 1.29 is 5.11 Å². The van der Waals surface area contributed by atoms with Crippen molar-refractivity contribution in [3.63, 3.8) is 0 Å². The summed E-state index contributed by atoms with van der Waals surface area (Å²) in [5.41, 5.74) is 1.28. The molecule has 0 radical (unpaired) electrons. The average Bonchev–Trinajstić information content (AvgIpc) is 2.67. The molecular weight excluding hydrogens is 224 g/mol. The second kappa shape index (κ2) is 6.84. The predicted octanol–water partition coefficient (Wildman–Crippen LogP) is 2.50. The second-order valence-electron chi connectivity index (χ2n) is 3.87. The Hall–Kier alpha value is -0.640. The van der Waals surface area contributed by atoms with E-state index in [1.807, 2.05) is 12.3 Å². The first-order valence-corrected chi connectivity index (χ1v) is 5.99. The number of nitrogens with zero attached hydrogens (tertiary/aromatic N) is 2. The zero-order chi connectivity index (χ0) is 12.0. The SMILES string of the molecule is CCO.CN1CCC[C@H]1c1ccc(Cl)nc1. The van der Waals surface area contributed by atoms with Crippen molar-refractivity contribution in [1.82, 2.24) is 9.88 Å². The largest absolute Gasteiger partial charge is 0.397 e. The summed E-state index contributed by atoms with van der Waals surface area (Å²) in [5, 5.41) is 8.14. The minimum absolute atomic E-state index is 0.250. The Kier molecular flexibility index (Phi) is 5.74. The molecule has 1 aromatic heterocycles. The zero-order valence-corrected chi connectivity index (χ0v) is 10.6. The molecule has 1 aliphatic heterocycles. The van der Waals surface area contributed by atoms with E-state index in [1.54, 1.807) is 6.92 Å². The minimum Gasteiger partial charge on any atom is -0.397 e. The van der Waals surface area contributed by atoms with Crippen molar-refractivity contribution in [2.45, 2.75) is 25.8 Å². The molecule has 2 rings (SSSR count). The van der Waals surface area contributed by atoms with Crippen LogP contribution in [0.25, 0.3) is 0 Å². The van der Waals surface area contributed by atoms with Crippen LogP contribution in [0.5, 0.6) is 0 Å². The number of likely N-dealkylation sites (tertiary alicyclic amines) is 1. The lowest BCUT2D eigenvalue weighted by Crippen LogP contribution is -2.17. The van der Waals surface area contributed by atoms with Crippen LogP contribution in [0.4, 0.5) is 0 Å². The van der Waals surface area contributed by atoms with Gasteiger partial charge in [-0.1, -0.05) is 17.7 Å². The van der Waals surface area contributed by atoms with Crippen molar-refractivity contribution in [1.29, 1.82) is 0 Å². The molecule has 1 atom stereocenters. The Labute approximate surface area is 102 Å². The first kappa shape index (κ1) is 13.4. The number of aliphatic hydroxyl groups excluding tert-OH is 1. The molecule has 0 amide bonds. The van der Waals surface area contributed by atoms with Crippen LogP contribution in [0.3, 0.4) is 0 Å². The van der Waals surface area contributed by atoms with Crippen LogP contribution in [-0.2, 0) is 0 Å². The molecule has 0 spiro atoms. The maximum Gasteiger partial charge on any atom is 0.129 e. The smallest absolute Gasteiger partial charge is 0.129 e. The molecule has 1 N–H and O–H groups in total. The van der Waals surface area contributed by atoms with E-state index in [1.165, 1.54) is 24.9 Å². The lowest BCUT2D eigenvalue weighted by molar-refractivity contribution is 0.317. The fourth-order valence-corrected chi connectivity index (χ4v) is 2.03. The molecule has 90 valence electrons. The van der Waals surface area contributed by atoms with Gasteiger partial charge in [0.25, 0.3) is 0 Å². The van der Waals surface area contributed by atoms with Crippen LogP contribution in [0.1, 0.15) is 31.4 Å². The van der Waals surface area contributed by atoms with Gasteiger partial charge in [-0.15, -0.1) is 0 Å². The van der Waals surface area contributed by atoms with Gasteiger partial charge in [0.05, 0.1) is 0 Å². The molecule has 0 aromatic carbocycles. The number of rotatable bonds is 1. The number of hydrogen-bond donors (Lipinski definition) is 1. The van der Waals surface area contributed by atoms with Crippen LogP contribution in [0.15, 0.2) is 18.3 Å². The quantitative estimate of drug-likeness (QED) is 0.769. The first-order valence-electron chi connectivity index (χ1n) is 5.61. The summed E-state index contributed by atoms with van der Waals surface area (Å²) in [6.45, 7) is 3.12. The molecule has 3 nitrogen and oxygen atoms in total. The van der Waals surface area contributed by atoms with Gasteiger partial charge in [0.15, 0.2) is 0 Å². The molecule has 0 unspecified atom stereocenters. The van der Waals surface area contributed by atoms with Crippen LogP contribution in [0, 0.1) is 0 Å². The van der Waals surface area contributed by atoms with E-state index in [9.17, 15) is 0 Å². The van der Waals surface area contributed by atoms with Gasteiger partial charge in [-0.25, -0.2) is 4.98 Å². The second-order valence-corrected chi connectivity index (χ2v) is 4.26. The van der Waals surface area contributed by atoms with Gasteiger partial charge in [0.1, 0.15) is 5.15 Å². The van der Waals surface area contributed by atoms with Gasteiger partial charge < -0.3 is 5.11 Å². The zero-order valence-electron chi connectivity index (χ0n) is 9.86. The van der Waals surface area contributed by atoms with Crippen LogP contribution in [0.2, 0.25) is 5.15 Å². The van der Waals surface area contributed by atoms with Gasteiger partial charge in [-0.3, -0.25) is 4.90 Å². The number of pyridine rings is 1. The Morgan fingerprint density at radius 2 is 2.25 bits per heavy atom. The monoisotopic (exact) mass is 242 g/mol. The highest BCUT2D eigenvalue weighted by molar-refractivity contribution is 6.29. The van der Waals surface area contributed by atoms with E-state index in [2.05, 4.69) is 23.0 Å². The van der Waals surface area contributed by atoms with E-state index in [4.69, 9.17) is 16.7 Å². The summed E-state index contributed by atoms with van der Waals surface area (Å²) in [6, 6.07) is 4.48. The maximum atomic E-state index is 7.57. The molecule has 2 heterocycles. The number of hydrogen-bond acceptors (Lipinski definition) is 3. The summed E-state index contributed by atoms with van der Waals surface area (Å²) >= 11 is 5.73. The fourth-order valence-electron chi connectivity index (χ4n) is 1.92. The van der Waals surface area contributed by atoms with E-state index in [-0.39, 0.29) is 6.61 Å². The first-order chi connectivity index (χ1) is 7.69. The third kappa shape index (κ3) is 3.74. The van der Waals surface area contributed by atoms with E-state index in [0.717, 1.165) is 0 Å². The summed E-state index contributed by atoms with van der Waals surface area (Å²) in [4.78, 5) is 6.46. The van der Waals surface area contributed by atoms with Crippen LogP contribution in [-0.4, -0.2) is 35.2 Å². The topological polar surface area (TPSA) is 36.4 Å². The molecule has 1 saturated heterocycles. The van der Waals surface area contributed by atoms with E-state index >= 15 is 0 Å². The van der Waals surface area contributed by atoms with Crippen molar-refractivity contribution in [2.24, 2.45) is 0 Å². The van der Waals surface area contributed by atoms with Gasteiger partial charge in [-0.05, 0) is 45.0 Å². The highest BCUT2D eigenvalue weighted by Gasteiger charge is 2.22. The van der Waals surface area contributed by atoms with Gasteiger partial charge in [0, 0.05) is 18.8 Å². The molecule has 0 bridgehead atoms. The Morgan fingerprint density at radius 3 is 2.69 bits per heavy atom.